The van der Waals surface area contributed by atoms with Gasteiger partial charge < -0.3 is 10.1 Å². The molecule has 5 nitrogen and oxygen atoms in total. The number of carbonyl (C=O) groups is 1. The third kappa shape index (κ3) is 3.60. The lowest BCUT2D eigenvalue weighted by Gasteiger charge is -2.06. The zero-order valence-corrected chi connectivity index (χ0v) is 13.0. The Kier molecular flexibility index (Phi) is 4.56. The molecule has 0 unspecified atom stereocenters. The largest absolute Gasteiger partial charge is 0.494 e. The van der Waals surface area contributed by atoms with Gasteiger partial charge in [-0.3, -0.25) is 9.89 Å². The highest BCUT2D eigenvalue weighted by molar-refractivity contribution is 6.03. The van der Waals surface area contributed by atoms with Gasteiger partial charge in [0.1, 0.15) is 17.3 Å². The van der Waals surface area contributed by atoms with Crippen LogP contribution in [-0.2, 0) is 0 Å². The Bertz CT molecular complexity index is 826. The number of hydrogen-bond acceptors (Lipinski definition) is 3. The topological polar surface area (TPSA) is 67.0 Å². The molecule has 6 heteroatoms. The summed E-state index contributed by atoms with van der Waals surface area (Å²) in [6.45, 7) is 2.50. The summed E-state index contributed by atoms with van der Waals surface area (Å²) in [5.74, 6) is 0.124. The smallest absolute Gasteiger partial charge is 0.273 e. The number of amides is 1. The number of aromatic amines is 1. The molecule has 0 saturated carbocycles. The van der Waals surface area contributed by atoms with Crippen molar-refractivity contribution in [3.63, 3.8) is 0 Å². The van der Waals surface area contributed by atoms with Crippen molar-refractivity contribution in [2.45, 2.75) is 6.92 Å². The molecule has 1 amide bonds. The number of H-pyrrole nitrogens is 1. The van der Waals surface area contributed by atoms with E-state index in [1.807, 2.05) is 6.92 Å². The molecule has 0 aliphatic rings. The van der Waals surface area contributed by atoms with Crippen LogP contribution in [-0.4, -0.2) is 22.7 Å². The summed E-state index contributed by atoms with van der Waals surface area (Å²) in [6.07, 6.45) is 0. The number of rotatable bonds is 5. The van der Waals surface area contributed by atoms with Crippen LogP contribution >= 0.6 is 0 Å². The molecule has 0 radical (unpaired) electrons. The van der Waals surface area contributed by atoms with Gasteiger partial charge in [-0.2, -0.15) is 5.10 Å². The molecule has 1 aromatic heterocycles. The van der Waals surface area contributed by atoms with Gasteiger partial charge in [0.25, 0.3) is 5.91 Å². The Hall–Kier alpha value is -3.15. The summed E-state index contributed by atoms with van der Waals surface area (Å²) in [4.78, 5) is 12.2. The molecule has 3 aromatic rings. The maximum atomic E-state index is 13.0. The number of ether oxygens (including phenoxy) is 1. The lowest BCUT2D eigenvalue weighted by molar-refractivity contribution is 0.102. The van der Waals surface area contributed by atoms with Crippen LogP contribution in [0, 0.1) is 5.82 Å². The van der Waals surface area contributed by atoms with Crippen molar-refractivity contribution in [3.8, 4) is 17.0 Å². The number of halogens is 1. The number of aromatic nitrogens is 2. The van der Waals surface area contributed by atoms with Crippen molar-refractivity contribution in [2.24, 2.45) is 0 Å². The minimum atomic E-state index is -0.317. The Morgan fingerprint density at radius 1 is 1.17 bits per heavy atom. The molecule has 1 heterocycles. The molecule has 2 aromatic carbocycles. The minimum absolute atomic E-state index is 0.306. The van der Waals surface area contributed by atoms with Gasteiger partial charge in [0, 0.05) is 11.3 Å². The first-order chi connectivity index (χ1) is 11.7. The average molecular weight is 325 g/mol. The normalized spacial score (nSPS) is 10.4. The van der Waals surface area contributed by atoms with Crippen LogP contribution in [0.3, 0.4) is 0 Å². The van der Waals surface area contributed by atoms with Crippen molar-refractivity contribution >= 4 is 11.6 Å². The molecule has 0 saturated heterocycles. The van der Waals surface area contributed by atoms with Gasteiger partial charge in [0.2, 0.25) is 0 Å². The van der Waals surface area contributed by atoms with E-state index in [1.165, 1.54) is 12.1 Å². The molecule has 2 N–H and O–H groups in total. The fraction of sp³-hybridized carbons (Fsp3) is 0.111. The predicted octanol–water partition coefficient (Wildman–Crippen LogP) is 3.87. The standard InChI is InChI=1S/C18H16FN3O2/c1-2-24-15-9-7-14(8-10-15)20-18(23)17-11-16(21-22-17)12-3-5-13(19)6-4-12/h3-11H,2H2,1H3,(H,20,23)(H,21,22). The van der Waals surface area contributed by atoms with Crippen molar-refractivity contribution in [3.05, 3.63) is 66.1 Å². The zero-order valence-electron chi connectivity index (χ0n) is 13.0. The van der Waals surface area contributed by atoms with Gasteiger partial charge in [0.05, 0.1) is 12.3 Å². The maximum absolute atomic E-state index is 13.0. The lowest BCUT2D eigenvalue weighted by Crippen LogP contribution is -2.12. The van der Waals surface area contributed by atoms with Crippen molar-refractivity contribution in [1.29, 1.82) is 0 Å². The molecule has 0 bridgehead atoms. The molecular formula is C18H16FN3O2. The maximum Gasteiger partial charge on any atom is 0.273 e. The number of benzene rings is 2. The molecular weight excluding hydrogens is 309 g/mol. The number of hydrogen-bond donors (Lipinski definition) is 2. The molecule has 24 heavy (non-hydrogen) atoms. The lowest BCUT2D eigenvalue weighted by atomic mass is 10.1. The van der Waals surface area contributed by atoms with Crippen LogP contribution in [0.4, 0.5) is 10.1 Å². The van der Waals surface area contributed by atoms with Crippen molar-refractivity contribution in [1.82, 2.24) is 10.2 Å². The molecule has 122 valence electrons. The summed E-state index contributed by atoms with van der Waals surface area (Å²) >= 11 is 0. The third-order valence-corrected chi connectivity index (χ3v) is 3.39. The van der Waals surface area contributed by atoms with Crippen LogP contribution in [0.15, 0.2) is 54.6 Å². The van der Waals surface area contributed by atoms with E-state index in [1.54, 1.807) is 42.5 Å². The Balaban J connectivity index is 1.70. The van der Waals surface area contributed by atoms with E-state index in [0.717, 1.165) is 11.3 Å². The van der Waals surface area contributed by atoms with Gasteiger partial charge in [-0.05, 0) is 61.5 Å². The fourth-order valence-electron chi connectivity index (χ4n) is 2.21. The summed E-state index contributed by atoms with van der Waals surface area (Å²) in [7, 11) is 0. The SMILES string of the molecule is CCOc1ccc(NC(=O)c2cc(-c3ccc(F)cc3)n[nH]2)cc1. The first-order valence-corrected chi connectivity index (χ1v) is 7.51. The summed E-state index contributed by atoms with van der Waals surface area (Å²) in [6, 6.07) is 14.6. The van der Waals surface area contributed by atoms with Crippen LogP contribution in [0.1, 0.15) is 17.4 Å². The van der Waals surface area contributed by atoms with E-state index in [9.17, 15) is 9.18 Å². The van der Waals surface area contributed by atoms with Crippen LogP contribution in [0.5, 0.6) is 5.75 Å². The highest BCUT2D eigenvalue weighted by atomic mass is 19.1. The second-order valence-electron chi connectivity index (χ2n) is 5.09. The first kappa shape index (κ1) is 15.7. The quantitative estimate of drug-likeness (QED) is 0.748. The van der Waals surface area contributed by atoms with E-state index in [4.69, 9.17) is 4.74 Å². The van der Waals surface area contributed by atoms with Gasteiger partial charge >= 0.3 is 0 Å². The Morgan fingerprint density at radius 3 is 2.54 bits per heavy atom. The molecule has 0 aliphatic carbocycles. The average Bonchev–Trinajstić information content (AvgIpc) is 3.08. The molecule has 0 fully saturated rings. The number of carbonyl (C=O) groups excluding carboxylic acids is 1. The van der Waals surface area contributed by atoms with Gasteiger partial charge in [0.15, 0.2) is 0 Å². The van der Waals surface area contributed by atoms with E-state index in [-0.39, 0.29) is 11.7 Å². The highest BCUT2D eigenvalue weighted by Crippen LogP contribution is 2.19. The monoisotopic (exact) mass is 325 g/mol. The zero-order chi connectivity index (χ0) is 16.9. The number of anilines is 1. The van der Waals surface area contributed by atoms with E-state index in [0.29, 0.717) is 23.7 Å². The Morgan fingerprint density at radius 2 is 1.88 bits per heavy atom. The second-order valence-corrected chi connectivity index (χ2v) is 5.09. The van der Waals surface area contributed by atoms with Crippen molar-refractivity contribution in [2.75, 3.05) is 11.9 Å². The van der Waals surface area contributed by atoms with E-state index in [2.05, 4.69) is 15.5 Å². The predicted molar refractivity (Wildman–Crippen MR) is 89.5 cm³/mol. The minimum Gasteiger partial charge on any atom is -0.494 e. The summed E-state index contributed by atoms with van der Waals surface area (Å²) in [5.41, 5.74) is 2.28. The second kappa shape index (κ2) is 6.95. The van der Waals surface area contributed by atoms with E-state index < -0.39 is 0 Å². The van der Waals surface area contributed by atoms with Gasteiger partial charge in [-0.1, -0.05) is 0 Å². The molecule has 3 rings (SSSR count). The Labute approximate surface area is 138 Å². The van der Waals surface area contributed by atoms with Crippen molar-refractivity contribution < 1.29 is 13.9 Å². The molecule has 0 atom stereocenters. The fourth-order valence-corrected chi connectivity index (χ4v) is 2.21. The van der Waals surface area contributed by atoms with Crippen LogP contribution < -0.4 is 10.1 Å². The number of nitrogens with one attached hydrogen (secondary N) is 2. The molecule has 0 spiro atoms. The molecule has 0 aliphatic heterocycles. The van der Waals surface area contributed by atoms with E-state index >= 15 is 0 Å². The van der Waals surface area contributed by atoms with Crippen LogP contribution in [0.25, 0.3) is 11.3 Å². The van der Waals surface area contributed by atoms with Gasteiger partial charge in [-0.15, -0.1) is 0 Å². The van der Waals surface area contributed by atoms with Gasteiger partial charge in [-0.25, -0.2) is 4.39 Å². The number of nitrogens with zero attached hydrogens (tertiary/aromatic N) is 1. The third-order valence-electron chi connectivity index (χ3n) is 3.39. The summed E-state index contributed by atoms with van der Waals surface area (Å²) in [5, 5.41) is 9.55. The highest BCUT2D eigenvalue weighted by Gasteiger charge is 2.11. The summed E-state index contributed by atoms with van der Waals surface area (Å²) < 4.78 is 18.3. The first-order valence-electron chi connectivity index (χ1n) is 7.51. The van der Waals surface area contributed by atoms with Crippen LogP contribution in [0.2, 0.25) is 0 Å².